The molecule has 0 aliphatic carbocycles. The van der Waals surface area contributed by atoms with Gasteiger partial charge in [0.1, 0.15) is 0 Å². The molecule has 0 rings (SSSR count). The maximum absolute atomic E-state index is 6.20. The van der Waals surface area contributed by atoms with Crippen LogP contribution >= 0.6 is 0 Å². The van der Waals surface area contributed by atoms with E-state index in [1.54, 1.807) is 0 Å². The van der Waals surface area contributed by atoms with Crippen LogP contribution < -0.4 is 0 Å². The summed E-state index contributed by atoms with van der Waals surface area (Å²) in [5.41, 5.74) is 0. The molecule has 0 saturated carbocycles. The van der Waals surface area contributed by atoms with Crippen molar-refractivity contribution in [3.63, 3.8) is 0 Å². The van der Waals surface area contributed by atoms with Gasteiger partial charge in [0.25, 0.3) is 0 Å². The van der Waals surface area contributed by atoms with Crippen LogP contribution in [0.25, 0.3) is 0 Å². The van der Waals surface area contributed by atoms with Crippen molar-refractivity contribution in [3.8, 4) is 0 Å². The topological polar surface area (TPSA) is 9.23 Å². The van der Waals surface area contributed by atoms with Crippen molar-refractivity contribution in [2.45, 2.75) is 91.3 Å². The highest BCUT2D eigenvalue weighted by Gasteiger charge is 2.17. The Kier molecular flexibility index (Phi) is 10.5. The van der Waals surface area contributed by atoms with Gasteiger partial charge in [-0.15, -0.1) is 0 Å². The third-order valence-electron chi connectivity index (χ3n) is 2.89. The van der Waals surface area contributed by atoms with Gasteiger partial charge in [-0.1, -0.05) is 46.0 Å². The lowest BCUT2D eigenvalue weighted by Gasteiger charge is -2.22. The highest BCUT2D eigenvalue weighted by Crippen LogP contribution is 2.18. The van der Waals surface area contributed by atoms with Gasteiger partial charge < -0.3 is 4.43 Å². The molecule has 0 heterocycles. The molecule has 0 saturated heterocycles. The summed E-state index contributed by atoms with van der Waals surface area (Å²) < 4.78 is 6.20. The molecule has 0 unspecified atom stereocenters. The lowest BCUT2D eigenvalue weighted by Crippen LogP contribution is -2.24. The molecule has 0 aromatic carbocycles. The van der Waals surface area contributed by atoms with E-state index in [2.05, 4.69) is 39.6 Å². The molecule has 108 valence electrons. The Hall–Kier alpha value is -0.243. The zero-order valence-corrected chi connectivity index (χ0v) is 14.3. The van der Waals surface area contributed by atoms with Gasteiger partial charge in [-0.3, -0.25) is 0 Å². The number of hydrogen-bond donors (Lipinski definition) is 0. The van der Waals surface area contributed by atoms with Gasteiger partial charge in [-0.05, 0) is 45.0 Å². The van der Waals surface area contributed by atoms with E-state index in [-0.39, 0.29) is 0 Å². The van der Waals surface area contributed by atoms with Crippen molar-refractivity contribution in [2.75, 3.05) is 0 Å². The van der Waals surface area contributed by atoms with Crippen molar-refractivity contribution >= 4 is 8.32 Å². The number of rotatable bonds is 11. The summed E-state index contributed by atoms with van der Waals surface area (Å²) in [5, 5.41) is 0. The van der Waals surface area contributed by atoms with Crippen molar-refractivity contribution in [1.82, 2.24) is 0 Å². The SMILES string of the molecule is CCCCCC=C(CCCCCC)O[Si](C)(C)C. The molecule has 1 nitrogen and oxygen atoms in total. The van der Waals surface area contributed by atoms with Crippen LogP contribution in [0, 0.1) is 0 Å². The highest BCUT2D eigenvalue weighted by atomic mass is 28.4. The van der Waals surface area contributed by atoms with Crippen LogP contribution in [0.4, 0.5) is 0 Å². The predicted octanol–water partition coefficient (Wildman–Crippen LogP) is 6.27. The minimum atomic E-state index is -1.43. The molecule has 0 aliphatic rings. The molecule has 0 fully saturated rings. The highest BCUT2D eigenvalue weighted by molar-refractivity contribution is 6.70. The largest absolute Gasteiger partial charge is 0.548 e. The molecule has 18 heavy (non-hydrogen) atoms. The third-order valence-corrected chi connectivity index (χ3v) is 3.77. The molecule has 0 aliphatic heterocycles. The fourth-order valence-electron chi connectivity index (χ4n) is 1.97. The smallest absolute Gasteiger partial charge is 0.241 e. The second-order valence-corrected chi connectivity index (χ2v) is 10.6. The molecular formula is C16H34OSi. The van der Waals surface area contributed by atoms with Gasteiger partial charge >= 0.3 is 0 Å². The normalized spacial score (nSPS) is 12.8. The molecule has 0 N–H and O–H groups in total. The van der Waals surface area contributed by atoms with E-state index in [9.17, 15) is 0 Å². The van der Waals surface area contributed by atoms with Crippen LogP contribution in [0.1, 0.15) is 71.6 Å². The molecule has 2 heteroatoms. The molecule has 0 radical (unpaired) electrons. The predicted molar refractivity (Wildman–Crippen MR) is 85.4 cm³/mol. The molecular weight excluding hydrogens is 236 g/mol. The molecule has 0 amide bonds. The van der Waals surface area contributed by atoms with Crippen molar-refractivity contribution in [3.05, 3.63) is 11.8 Å². The molecule has 0 aromatic heterocycles. The zero-order valence-electron chi connectivity index (χ0n) is 13.3. The summed E-state index contributed by atoms with van der Waals surface area (Å²) in [7, 11) is -1.43. The maximum Gasteiger partial charge on any atom is 0.241 e. The molecule has 0 aromatic rings. The Morgan fingerprint density at radius 2 is 1.50 bits per heavy atom. The Morgan fingerprint density at radius 1 is 0.889 bits per heavy atom. The van der Waals surface area contributed by atoms with Gasteiger partial charge in [0.2, 0.25) is 8.32 Å². The first kappa shape index (κ1) is 17.8. The Morgan fingerprint density at radius 3 is 2.06 bits per heavy atom. The number of allylic oxidation sites excluding steroid dienone is 2. The third kappa shape index (κ3) is 12.2. The van der Waals surface area contributed by atoms with Crippen LogP contribution in [-0.4, -0.2) is 8.32 Å². The van der Waals surface area contributed by atoms with E-state index in [1.165, 1.54) is 57.1 Å². The van der Waals surface area contributed by atoms with Gasteiger partial charge in [-0.25, -0.2) is 0 Å². The zero-order chi connectivity index (χ0) is 13.9. The van der Waals surface area contributed by atoms with E-state index >= 15 is 0 Å². The Labute approximate surface area is 116 Å². The Balaban J connectivity index is 4.07. The maximum atomic E-state index is 6.20. The first-order chi connectivity index (χ1) is 8.49. The summed E-state index contributed by atoms with van der Waals surface area (Å²) in [4.78, 5) is 0. The van der Waals surface area contributed by atoms with Gasteiger partial charge in [0.15, 0.2) is 0 Å². The number of hydrogen-bond acceptors (Lipinski definition) is 1. The summed E-state index contributed by atoms with van der Waals surface area (Å²) in [6.07, 6.45) is 14.0. The second-order valence-electron chi connectivity index (χ2n) is 6.19. The van der Waals surface area contributed by atoms with Gasteiger partial charge in [-0.2, -0.15) is 0 Å². The second kappa shape index (κ2) is 10.7. The summed E-state index contributed by atoms with van der Waals surface area (Å²) >= 11 is 0. The number of unbranched alkanes of at least 4 members (excludes halogenated alkanes) is 6. The first-order valence-corrected chi connectivity index (χ1v) is 11.3. The lowest BCUT2D eigenvalue weighted by atomic mass is 10.1. The van der Waals surface area contributed by atoms with E-state index < -0.39 is 8.32 Å². The van der Waals surface area contributed by atoms with Crippen LogP contribution in [0.15, 0.2) is 11.8 Å². The van der Waals surface area contributed by atoms with E-state index in [1.807, 2.05) is 0 Å². The molecule has 0 spiro atoms. The van der Waals surface area contributed by atoms with Crippen LogP contribution in [-0.2, 0) is 4.43 Å². The van der Waals surface area contributed by atoms with Crippen LogP contribution in [0.3, 0.4) is 0 Å². The van der Waals surface area contributed by atoms with Gasteiger partial charge in [0.05, 0.1) is 5.76 Å². The van der Waals surface area contributed by atoms with E-state index in [0.717, 1.165) is 6.42 Å². The van der Waals surface area contributed by atoms with Crippen LogP contribution in [0.5, 0.6) is 0 Å². The summed E-state index contributed by atoms with van der Waals surface area (Å²) in [6, 6.07) is 0. The minimum absolute atomic E-state index is 1.15. The van der Waals surface area contributed by atoms with Crippen LogP contribution in [0.2, 0.25) is 19.6 Å². The standard InChI is InChI=1S/C16H34OSi/c1-6-8-10-12-14-16(17-18(3,4)5)15-13-11-9-7-2/h14H,6-13,15H2,1-5H3. The average molecular weight is 271 g/mol. The van der Waals surface area contributed by atoms with E-state index in [0.29, 0.717) is 0 Å². The van der Waals surface area contributed by atoms with Crippen molar-refractivity contribution in [2.24, 2.45) is 0 Å². The first-order valence-electron chi connectivity index (χ1n) is 7.87. The fourth-order valence-corrected chi connectivity index (χ4v) is 2.94. The average Bonchev–Trinajstić information content (AvgIpc) is 2.28. The van der Waals surface area contributed by atoms with Gasteiger partial charge in [0, 0.05) is 6.42 Å². The van der Waals surface area contributed by atoms with Crippen molar-refractivity contribution < 1.29 is 4.43 Å². The van der Waals surface area contributed by atoms with Crippen molar-refractivity contribution in [1.29, 1.82) is 0 Å². The fraction of sp³-hybridized carbons (Fsp3) is 0.875. The minimum Gasteiger partial charge on any atom is -0.548 e. The monoisotopic (exact) mass is 270 g/mol. The summed E-state index contributed by atoms with van der Waals surface area (Å²) in [6.45, 7) is 11.4. The molecule has 0 atom stereocenters. The Bertz CT molecular complexity index is 216. The summed E-state index contributed by atoms with van der Waals surface area (Å²) in [5.74, 6) is 1.28. The quantitative estimate of drug-likeness (QED) is 0.244. The lowest BCUT2D eigenvalue weighted by molar-refractivity contribution is 0.388. The van der Waals surface area contributed by atoms with E-state index in [4.69, 9.17) is 4.43 Å². The molecule has 0 bridgehead atoms.